The van der Waals surface area contributed by atoms with Crippen molar-refractivity contribution in [2.45, 2.75) is 17.7 Å². The van der Waals surface area contributed by atoms with Crippen molar-refractivity contribution >= 4 is 40.9 Å². The number of methoxy groups -OCH3 is 1. The molecule has 0 spiro atoms. The molecule has 1 aliphatic rings. The molecule has 2 atom stereocenters. The van der Waals surface area contributed by atoms with Gasteiger partial charge in [-0.15, -0.1) is 11.8 Å². The first-order chi connectivity index (χ1) is 11.8. The minimum atomic E-state index is -1.38. The van der Waals surface area contributed by atoms with Crippen LogP contribution in [0, 0.1) is 10.1 Å². The van der Waals surface area contributed by atoms with E-state index in [0.29, 0.717) is 0 Å². The molecule has 10 nitrogen and oxygen atoms in total. The molecule has 1 aromatic carbocycles. The Morgan fingerprint density at radius 2 is 2.20 bits per heavy atom. The van der Waals surface area contributed by atoms with Gasteiger partial charge in [0, 0.05) is 24.3 Å². The second-order valence-corrected chi connectivity index (χ2v) is 6.33. The number of nitrogens with one attached hydrogen (secondary N) is 2. The van der Waals surface area contributed by atoms with Crippen molar-refractivity contribution in [1.29, 1.82) is 0 Å². The molecule has 25 heavy (non-hydrogen) atoms. The SMILES string of the molecule is COc1ccc([N+](=O)[O-])cc1NC(=O)C[C@@H]1SC[C@H](C(=O)[O-])NC1=O. The van der Waals surface area contributed by atoms with Crippen molar-refractivity contribution in [1.82, 2.24) is 5.32 Å². The second kappa shape index (κ2) is 7.83. The van der Waals surface area contributed by atoms with Gasteiger partial charge in [-0.05, 0) is 6.07 Å². The monoisotopic (exact) mass is 368 g/mol. The Balaban J connectivity index is 2.03. The van der Waals surface area contributed by atoms with Gasteiger partial charge in [-0.25, -0.2) is 0 Å². The Bertz CT molecular complexity index is 724. The van der Waals surface area contributed by atoms with Crippen LogP contribution in [0.3, 0.4) is 0 Å². The number of non-ortho nitro benzene ring substituents is 1. The lowest BCUT2D eigenvalue weighted by molar-refractivity contribution is -0.384. The first-order valence-electron chi connectivity index (χ1n) is 7.07. The predicted octanol–water partition coefficient (Wildman–Crippen LogP) is -0.718. The molecule has 0 bridgehead atoms. The van der Waals surface area contributed by atoms with E-state index >= 15 is 0 Å². The molecule has 1 aliphatic heterocycles. The molecule has 134 valence electrons. The average molecular weight is 368 g/mol. The van der Waals surface area contributed by atoms with Gasteiger partial charge in [-0.3, -0.25) is 19.7 Å². The number of carboxylic acid groups (broad SMARTS) is 1. The summed E-state index contributed by atoms with van der Waals surface area (Å²) in [7, 11) is 1.35. The summed E-state index contributed by atoms with van der Waals surface area (Å²) in [4.78, 5) is 44.9. The molecule has 0 aromatic heterocycles. The Morgan fingerprint density at radius 3 is 2.76 bits per heavy atom. The first kappa shape index (κ1) is 18.5. The zero-order chi connectivity index (χ0) is 18.6. The zero-order valence-electron chi connectivity index (χ0n) is 13.0. The number of ether oxygens (including phenoxy) is 1. The number of aliphatic carboxylic acids is 1. The maximum absolute atomic E-state index is 12.1. The number of nitrogens with zero attached hydrogens (tertiary/aromatic N) is 1. The van der Waals surface area contributed by atoms with E-state index in [1.165, 1.54) is 19.2 Å². The van der Waals surface area contributed by atoms with E-state index in [9.17, 15) is 29.6 Å². The highest BCUT2D eigenvalue weighted by Gasteiger charge is 2.31. The molecule has 0 radical (unpaired) electrons. The lowest BCUT2D eigenvalue weighted by atomic mass is 10.2. The van der Waals surface area contributed by atoms with E-state index in [2.05, 4.69) is 10.6 Å². The quantitative estimate of drug-likeness (QED) is 0.493. The van der Waals surface area contributed by atoms with E-state index in [0.717, 1.165) is 17.8 Å². The summed E-state index contributed by atoms with van der Waals surface area (Å²) in [5, 5.41) is 25.5. The van der Waals surface area contributed by atoms with Gasteiger partial charge < -0.3 is 25.3 Å². The third kappa shape index (κ3) is 4.59. The third-order valence-corrected chi connectivity index (χ3v) is 4.71. The number of thioether (sulfide) groups is 1. The van der Waals surface area contributed by atoms with Crippen LogP contribution in [0.1, 0.15) is 6.42 Å². The van der Waals surface area contributed by atoms with E-state index < -0.39 is 34.0 Å². The lowest BCUT2D eigenvalue weighted by Gasteiger charge is -2.29. The number of carbonyl (C=O) groups excluding carboxylic acids is 3. The molecule has 0 aliphatic carbocycles. The molecule has 1 fully saturated rings. The molecular formula is C14H14N3O7S-. The standard InChI is InChI=1S/C14H15N3O7S/c1-24-10-3-2-7(17(22)23)4-8(10)15-12(18)5-11-13(19)16-9(6-25-11)14(20)21/h2-4,9,11H,5-6H2,1H3,(H,15,18)(H,16,19)(H,20,21)/p-1/t9-,11+/m1/s1. The fraction of sp³-hybridized carbons (Fsp3) is 0.357. The van der Waals surface area contributed by atoms with Gasteiger partial charge in [-0.2, -0.15) is 0 Å². The summed E-state index contributed by atoms with van der Waals surface area (Å²) in [6, 6.07) is 2.64. The molecule has 2 N–H and O–H groups in total. The van der Waals surface area contributed by atoms with Crippen molar-refractivity contribution in [3.8, 4) is 5.75 Å². The smallest absolute Gasteiger partial charge is 0.271 e. The van der Waals surface area contributed by atoms with Gasteiger partial charge in [0.1, 0.15) is 5.75 Å². The van der Waals surface area contributed by atoms with Crippen LogP contribution in [0.4, 0.5) is 11.4 Å². The number of rotatable bonds is 6. The maximum Gasteiger partial charge on any atom is 0.271 e. The van der Waals surface area contributed by atoms with E-state index in [1.807, 2.05) is 0 Å². The van der Waals surface area contributed by atoms with Gasteiger partial charge in [0.2, 0.25) is 11.8 Å². The Morgan fingerprint density at radius 1 is 1.48 bits per heavy atom. The van der Waals surface area contributed by atoms with Crippen molar-refractivity contribution < 1.29 is 29.2 Å². The molecule has 11 heteroatoms. The van der Waals surface area contributed by atoms with E-state index in [-0.39, 0.29) is 29.3 Å². The minimum Gasteiger partial charge on any atom is -0.548 e. The van der Waals surface area contributed by atoms with Crippen LogP contribution < -0.4 is 20.5 Å². The zero-order valence-corrected chi connectivity index (χ0v) is 13.8. The Hall–Kier alpha value is -2.82. The number of hydrogen-bond donors (Lipinski definition) is 2. The highest BCUT2D eigenvalue weighted by Crippen LogP contribution is 2.29. The van der Waals surface area contributed by atoms with Crippen LogP contribution in [0.15, 0.2) is 18.2 Å². The average Bonchev–Trinajstić information content (AvgIpc) is 2.56. The summed E-state index contributed by atoms with van der Waals surface area (Å²) in [5.74, 6) is -2.20. The largest absolute Gasteiger partial charge is 0.548 e. The summed E-state index contributed by atoms with van der Waals surface area (Å²) >= 11 is 1.03. The maximum atomic E-state index is 12.1. The molecule has 1 saturated heterocycles. The van der Waals surface area contributed by atoms with Crippen LogP contribution in [0.2, 0.25) is 0 Å². The minimum absolute atomic E-state index is 0.0894. The fourth-order valence-corrected chi connectivity index (χ4v) is 3.28. The fourth-order valence-electron chi connectivity index (χ4n) is 2.15. The number of carboxylic acids is 1. The second-order valence-electron chi connectivity index (χ2n) is 5.10. The predicted molar refractivity (Wildman–Crippen MR) is 86.1 cm³/mol. The molecule has 2 rings (SSSR count). The van der Waals surface area contributed by atoms with Crippen molar-refractivity contribution in [3.63, 3.8) is 0 Å². The molecule has 1 heterocycles. The highest BCUT2D eigenvalue weighted by atomic mass is 32.2. The van der Waals surface area contributed by atoms with Crippen LogP contribution in [-0.4, -0.2) is 46.9 Å². The van der Waals surface area contributed by atoms with E-state index in [4.69, 9.17) is 4.74 Å². The number of benzene rings is 1. The molecule has 0 unspecified atom stereocenters. The topological polar surface area (TPSA) is 151 Å². The number of amides is 2. The van der Waals surface area contributed by atoms with Crippen molar-refractivity contribution in [3.05, 3.63) is 28.3 Å². The first-order valence-corrected chi connectivity index (χ1v) is 8.11. The summed E-state index contributed by atoms with van der Waals surface area (Å²) in [6.45, 7) is 0. The molecular weight excluding hydrogens is 354 g/mol. The molecule has 0 saturated carbocycles. The van der Waals surface area contributed by atoms with Crippen LogP contribution >= 0.6 is 11.8 Å². The number of nitro groups is 1. The number of carbonyl (C=O) groups is 3. The normalized spacial score (nSPS) is 19.6. The molecule has 2 amide bonds. The van der Waals surface area contributed by atoms with E-state index in [1.54, 1.807) is 0 Å². The van der Waals surface area contributed by atoms with Gasteiger partial charge >= 0.3 is 0 Å². The third-order valence-electron chi connectivity index (χ3n) is 3.40. The van der Waals surface area contributed by atoms with Crippen molar-refractivity contribution in [2.24, 2.45) is 0 Å². The summed E-state index contributed by atoms with van der Waals surface area (Å²) < 4.78 is 5.04. The molecule has 1 aromatic rings. The van der Waals surface area contributed by atoms with Gasteiger partial charge in [0.05, 0.1) is 35.0 Å². The highest BCUT2D eigenvalue weighted by molar-refractivity contribution is 8.00. The summed E-state index contributed by atoms with van der Waals surface area (Å²) in [6.07, 6.45) is -0.220. The van der Waals surface area contributed by atoms with Gasteiger partial charge in [-0.1, -0.05) is 0 Å². The number of anilines is 1. The van der Waals surface area contributed by atoms with Crippen LogP contribution in [-0.2, 0) is 14.4 Å². The Labute approximate surface area is 146 Å². The van der Waals surface area contributed by atoms with Crippen molar-refractivity contribution in [2.75, 3.05) is 18.2 Å². The van der Waals surface area contributed by atoms with Crippen LogP contribution in [0.5, 0.6) is 5.75 Å². The van der Waals surface area contributed by atoms with Gasteiger partial charge in [0.15, 0.2) is 0 Å². The lowest BCUT2D eigenvalue weighted by Crippen LogP contribution is -2.55. The number of nitro benzene ring substituents is 1. The van der Waals surface area contributed by atoms with Gasteiger partial charge in [0.25, 0.3) is 5.69 Å². The number of hydrogen-bond acceptors (Lipinski definition) is 8. The van der Waals surface area contributed by atoms with Crippen LogP contribution in [0.25, 0.3) is 0 Å². The Kier molecular flexibility index (Phi) is 5.80. The summed E-state index contributed by atoms with van der Waals surface area (Å²) in [5.41, 5.74) is -0.117.